The minimum Gasteiger partial charge on any atom is -0.311 e. The monoisotopic (exact) mass is 444 g/mol. The summed E-state index contributed by atoms with van der Waals surface area (Å²) in [5.74, 6) is 0.724. The molecular weight excluding hydrogens is 412 g/mol. The first-order valence-corrected chi connectivity index (χ1v) is 12.4. The van der Waals surface area contributed by atoms with E-state index in [2.05, 4.69) is 76.9 Å². The molecule has 0 saturated carbocycles. The summed E-state index contributed by atoms with van der Waals surface area (Å²) >= 11 is 6.24. The number of likely N-dealkylation sites (tertiary alicyclic amines) is 1. The van der Waals surface area contributed by atoms with E-state index in [1.807, 2.05) is 12.1 Å². The summed E-state index contributed by atoms with van der Waals surface area (Å²) in [4.78, 5) is 2.68. The first-order chi connectivity index (χ1) is 15.7. The van der Waals surface area contributed by atoms with Crippen LogP contribution in [0.2, 0.25) is 5.02 Å². The third-order valence-electron chi connectivity index (χ3n) is 7.61. The Hall–Kier alpha value is -2.13. The minimum atomic E-state index is 0.0157. The van der Waals surface area contributed by atoms with Gasteiger partial charge in [0.05, 0.1) is 0 Å². The number of hydrogen-bond acceptors (Lipinski definition) is 2. The molecule has 0 aliphatic carbocycles. The highest BCUT2D eigenvalue weighted by molar-refractivity contribution is 6.30. The van der Waals surface area contributed by atoms with Crippen LogP contribution in [0.4, 0.5) is 0 Å². The van der Waals surface area contributed by atoms with Crippen LogP contribution in [0.25, 0.3) is 0 Å². The van der Waals surface area contributed by atoms with Crippen LogP contribution in [0.3, 0.4) is 0 Å². The number of rotatable bonds is 6. The van der Waals surface area contributed by atoms with Crippen LogP contribution < -0.4 is 5.32 Å². The van der Waals surface area contributed by atoms with Crippen LogP contribution >= 0.6 is 11.6 Å². The van der Waals surface area contributed by atoms with E-state index in [-0.39, 0.29) is 5.41 Å². The van der Waals surface area contributed by atoms with Crippen molar-refractivity contribution in [2.45, 2.75) is 43.6 Å². The Morgan fingerprint density at radius 3 is 2.38 bits per heavy atom. The fraction of sp³-hybridized carbons (Fsp3) is 0.379. The lowest BCUT2D eigenvalue weighted by atomic mass is 9.68. The lowest BCUT2D eigenvalue weighted by molar-refractivity contribution is 0.203. The quantitative estimate of drug-likeness (QED) is 0.473. The summed E-state index contributed by atoms with van der Waals surface area (Å²) < 4.78 is 0. The third kappa shape index (κ3) is 4.50. The molecule has 3 heteroatoms. The van der Waals surface area contributed by atoms with E-state index in [1.54, 1.807) is 0 Å². The van der Waals surface area contributed by atoms with Gasteiger partial charge in [0, 0.05) is 23.5 Å². The Kier molecular flexibility index (Phi) is 6.64. The van der Waals surface area contributed by atoms with Crippen molar-refractivity contribution in [1.82, 2.24) is 10.2 Å². The van der Waals surface area contributed by atoms with Crippen LogP contribution in [0.1, 0.15) is 53.9 Å². The molecule has 1 saturated heterocycles. The van der Waals surface area contributed by atoms with E-state index in [0.717, 1.165) is 30.5 Å². The highest BCUT2D eigenvalue weighted by atomic mass is 35.5. The summed E-state index contributed by atoms with van der Waals surface area (Å²) in [6.07, 6.45) is 4.90. The predicted molar refractivity (Wildman–Crippen MR) is 134 cm³/mol. The smallest absolute Gasteiger partial charge is 0.0406 e. The summed E-state index contributed by atoms with van der Waals surface area (Å²) in [6.45, 7) is 5.55. The maximum absolute atomic E-state index is 6.24. The van der Waals surface area contributed by atoms with Gasteiger partial charge in [0.15, 0.2) is 0 Å². The zero-order chi connectivity index (χ0) is 21.8. The normalized spacial score (nSPS) is 21.9. The number of nitrogens with one attached hydrogen (secondary N) is 1. The van der Waals surface area contributed by atoms with Gasteiger partial charge in [-0.05, 0) is 85.6 Å². The molecule has 3 aromatic rings. The van der Waals surface area contributed by atoms with E-state index >= 15 is 0 Å². The number of piperidine rings is 1. The Bertz CT molecular complexity index is 1010. The number of halogens is 1. The molecule has 5 rings (SSSR count). The summed E-state index contributed by atoms with van der Waals surface area (Å²) in [7, 11) is 0. The molecule has 0 bridgehead atoms. The summed E-state index contributed by atoms with van der Waals surface area (Å²) in [6, 6.07) is 28.6. The molecule has 2 aliphatic rings. The van der Waals surface area contributed by atoms with Gasteiger partial charge in [0.1, 0.15) is 0 Å². The molecule has 1 unspecified atom stereocenters. The number of fused-ring (bicyclic) bond motifs is 1. The molecule has 0 spiro atoms. The van der Waals surface area contributed by atoms with E-state index < -0.39 is 0 Å². The molecule has 2 heterocycles. The zero-order valence-electron chi connectivity index (χ0n) is 18.8. The van der Waals surface area contributed by atoms with Gasteiger partial charge in [-0.3, -0.25) is 0 Å². The maximum Gasteiger partial charge on any atom is 0.0406 e. The fourth-order valence-corrected chi connectivity index (χ4v) is 5.99. The number of benzene rings is 3. The SMILES string of the molecule is Clc1ccc(C2(CCCN3CCC(c4ccccc4)CC3)CNCc3ccccc32)cc1. The summed E-state index contributed by atoms with van der Waals surface area (Å²) in [5, 5.41) is 4.52. The Balaban J connectivity index is 1.27. The second kappa shape index (κ2) is 9.79. The van der Waals surface area contributed by atoms with Gasteiger partial charge < -0.3 is 10.2 Å². The molecule has 1 N–H and O–H groups in total. The molecule has 0 radical (unpaired) electrons. The lowest BCUT2D eigenvalue weighted by Crippen LogP contribution is -2.44. The molecule has 32 heavy (non-hydrogen) atoms. The molecule has 0 amide bonds. The third-order valence-corrected chi connectivity index (χ3v) is 7.86. The van der Waals surface area contributed by atoms with Crippen LogP contribution in [-0.4, -0.2) is 31.1 Å². The Morgan fingerprint density at radius 1 is 0.875 bits per heavy atom. The van der Waals surface area contributed by atoms with Crippen molar-refractivity contribution in [3.8, 4) is 0 Å². The Morgan fingerprint density at radius 2 is 1.59 bits per heavy atom. The molecule has 166 valence electrons. The van der Waals surface area contributed by atoms with Gasteiger partial charge in [0.2, 0.25) is 0 Å². The fourth-order valence-electron chi connectivity index (χ4n) is 5.86. The van der Waals surface area contributed by atoms with Gasteiger partial charge in [-0.15, -0.1) is 0 Å². The van der Waals surface area contributed by atoms with Crippen LogP contribution in [-0.2, 0) is 12.0 Å². The molecular formula is C29H33ClN2. The molecule has 0 aromatic heterocycles. The van der Waals surface area contributed by atoms with Gasteiger partial charge >= 0.3 is 0 Å². The average molecular weight is 445 g/mol. The standard InChI is InChI=1S/C29H33ClN2/c30-27-13-11-26(12-14-27)29(22-31-21-25-9-4-5-10-28(25)29)17-6-18-32-19-15-24(16-20-32)23-7-2-1-3-8-23/h1-5,7-14,24,31H,6,15-22H2. The zero-order valence-corrected chi connectivity index (χ0v) is 19.5. The highest BCUT2D eigenvalue weighted by Gasteiger charge is 2.37. The second-order valence-electron chi connectivity index (χ2n) is 9.48. The van der Waals surface area contributed by atoms with Gasteiger partial charge in [-0.1, -0.05) is 78.3 Å². The Labute approximate surface area is 197 Å². The lowest BCUT2D eigenvalue weighted by Gasteiger charge is -2.41. The second-order valence-corrected chi connectivity index (χ2v) is 9.92. The van der Waals surface area contributed by atoms with Crippen LogP contribution in [0.5, 0.6) is 0 Å². The van der Waals surface area contributed by atoms with Crippen molar-refractivity contribution in [2.75, 3.05) is 26.2 Å². The minimum absolute atomic E-state index is 0.0157. The molecule has 2 aliphatic heterocycles. The summed E-state index contributed by atoms with van der Waals surface area (Å²) in [5.41, 5.74) is 5.83. The average Bonchev–Trinajstić information content (AvgIpc) is 2.85. The van der Waals surface area contributed by atoms with Crippen molar-refractivity contribution in [2.24, 2.45) is 0 Å². The van der Waals surface area contributed by atoms with Crippen molar-refractivity contribution >= 4 is 11.6 Å². The predicted octanol–water partition coefficient (Wildman–Crippen LogP) is 6.39. The van der Waals surface area contributed by atoms with Crippen molar-refractivity contribution in [3.63, 3.8) is 0 Å². The van der Waals surface area contributed by atoms with Crippen LogP contribution in [0, 0.1) is 0 Å². The van der Waals surface area contributed by atoms with Gasteiger partial charge in [-0.2, -0.15) is 0 Å². The van der Waals surface area contributed by atoms with E-state index in [1.165, 1.54) is 61.2 Å². The van der Waals surface area contributed by atoms with E-state index in [0.29, 0.717) is 0 Å². The first-order valence-electron chi connectivity index (χ1n) is 12.1. The van der Waals surface area contributed by atoms with Crippen molar-refractivity contribution in [1.29, 1.82) is 0 Å². The van der Waals surface area contributed by atoms with Gasteiger partial charge in [-0.25, -0.2) is 0 Å². The largest absolute Gasteiger partial charge is 0.311 e. The molecule has 3 aromatic carbocycles. The van der Waals surface area contributed by atoms with E-state index in [9.17, 15) is 0 Å². The topological polar surface area (TPSA) is 15.3 Å². The van der Waals surface area contributed by atoms with Gasteiger partial charge in [0.25, 0.3) is 0 Å². The van der Waals surface area contributed by atoms with Crippen molar-refractivity contribution < 1.29 is 0 Å². The molecule has 1 fully saturated rings. The maximum atomic E-state index is 6.24. The molecule has 2 nitrogen and oxygen atoms in total. The van der Waals surface area contributed by atoms with Crippen molar-refractivity contribution in [3.05, 3.63) is 106 Å². The first kappa shape index (κ1) is 21.7. The number of hydrogen-bond donors (Lipinski definition) is 1. The van der Waals surface area contributed by atoms with Crippen LogP contribution in [0.15, 0.2) is 78.9 Å². The molecule has 1 atom stereocenters. The number of nitrogens with zero attached hydrogens (tertiary/aromatic N) is 1. The van der Waals surface area contributed by atoms with E-state index in [4.69, 9.17) is 11.6 Å². The highest BCUT2D eigenvalue weighted by Crippen LogP contribution is 2.41.